The summed E-state index contributed by atoms with van der Waals surface area (Å²) in [4.78, 5) is 24.6. The number of aliphatic hydroxyl groups is 1. The van der Waals surface area contributed by atoms with E-state index in [1.54, 1.807) is 0 Å². The molecule has 22 heavy (non-hydrogen) atoms. The number of carbonyl (C=O) groups is 2. The van der Waals surface area contributed by atoms with Gasteiger partial charge < -0.3 is 14.6 Å². The van der Waals surface area contributed by atoms with E-state index < -0.39 is 17.4 Å². The highest BCUT2D eigenvalue weighted by molar-refractivity contribution is 6.01. The zero-order chi connectivity index (χ0) is 16.5. The number of fused-ring (bicyclic) bond motifs is 1. The van der Waals surface area contributed by atoms with Crippen molar-refractivity contribution in [3.05, 3.63) is 33.9 Å². The Kier molecular flexibility index (Phi) is 4.56. The van der Waals surface area contributed by atoms with Crippen LogP contribution in [0.25, 0.3) is 0 Å². The predicted octanol–water partition coefficient (Wildman–Crippen LogP) is 1.27. The number of rotatable bonds is 4. The molecule has 0 spiro atoms. The van der Waals surface area contributed by atoms with E-state index in [1.807, 2.05) is 19.9 Å². The van der Waals surface area contributed by atoms with Crippen molar-refractivity contribution in [1.82, 2.24) is 0 Å². The first-order valence-corrected chi connectivity index (χ1v) is 7.29. The molecule has 0 radical (unpaired) electrons. The van der Waals surface area contributed by atoms with Crippen LogP contribution in [-0.2, 0) is 38.3 Å². The number of aryl methyl sites for hydroxylation is 1. The smallest absolute Gasteiger partial charge is 0.323 e. The number of carbonyl (C=O) groups excluding carboxylic acids is 2. The SMILES string of the molecule is COC(=O)C1(C(=O)OC)Cc2c(C)cc(CCO)c(C)c2C1. The molecule has 1 aliphatic rings. The number of aliphatic hydroxyl groups excluding tert-OH is 1. The molecule has 5 heteroatoms. The van der Waals surface area contributed by atoms with Crippen molar-refractivity contribution in [3.63, 3.8) is 0 Å². The molecular formula is C17H22O5. The quantitative estimate of drug-likeness (QED) is 0.670. The summed E-state index contributed by atoms with van der Waals surface area (Å²) < 4.78 is 9.74. The van der Waals surface area contributed by atoms with E-state index in [2.05, 4.69) is 0 Å². The maximum Gasteiger partial charge on any atom is 0.323 e. The van der Waals surface area contributed by atoms with E-state index in [0.29, 0.717) is 12.8 Å². The minimum Gasteiger partial charge on any atom is -0.468 e. The van der Waals surface area contributed by atoms with E-state index in [0.717, 1.165) is 27.8 Å². The van der Waals surface area contributed by atoms with Gasteiger partial charge in [0.1, 0.15) is 0 Å². The Morgan fingerprint density at radius 3 is 2.18 bits per heavy atom. The lowest BCUT2D eigenvalue weighted by atomic mass is 9.84. The number of ether oxygens (including phenoxy) is 2. The molecule has 1 aromatic rings. The van der Waals surface area contributed by atoms with Crippen LogP contribution in [0.1, 0.15) is 27.8 Å². The Hall–Kier alpha value is -1.88. The van der Waals surface area contributed by atoms with Crippen molar-refractivity contribution in [2.45, 2.75) is 33.1 Å². The average Bonchev–Trinajstić information content (AvgIpc) is 2.93. The van der Waals surface area contributed by atoms with Gasteiger partial charge in [-0.05, 0) is 48.1 Å². The highest BCUT2D eigenvalue weighted by Gasteiger charge is 2.53. The molecule has 0 fully saturated rings. The Bertz CT molecular complexity index is 602. The van der Waals surface area contributed by atoms with Gasteiger partial charge in [0, 0.05) is 19.4 Å². The Balaban J connectivity index is 2.55. The van der Waals surface area contributed by atoms with Crippen LogP contribution in [0.15, 0.2) is 6.07 Å². The fourth-order valence-electron chi connectivity index (χ4n) is 3.41. The minimum absolute atomic E-state index is 0.0677. The molecule has 0 bridgehead atoms. The third-order valence-electron chi connectivity index (χ3n) is 4.66. The van der Waals surface area contributed by atoms with Crippen LogP contribution >= 0.6 is 0 Å². The number of benzene rings is 1. The van der Waals surface area contributed by atoms with Crippen molar-refractivity contribution >= 4 is 11.9 Å². The van der Waals surface area contributed by atoms with Crippen LogP contribution < -0.4 is 0 Å². The highest BCUT2D eigenvalue weighted by atomic mass is 16.5. The van der Waals surface area contributed by atoms with Crippen LogP contribution in [0.4, 0.5) is 0 Å². The van der Waals surface area contributed by atoms with Gasteiger partial charge in [0.15, 0.2) is 5.41 Å². The molecule has 120 valence electrons. The maximum atomic E-state index is 12.3. The number of methoxy groups -OCH3 is 2. The molecule has 2 rings (SSSR count). The second-order valence-electron chi connectivity index (χ2n) is 5.83. The Morgan fingerprint density at radius 2 is 1.68 bits per heavy atom. The van der Waals surface area contributed by atoms with Gasteiger partial charge in [-0.25, -0.2) is 0 Å². The first-order valence-electron chi connectivity index (χ1n) is 7.29. The molecule has 0 aromatic heterocycles. The monoisotopic (exact) mass is 306 g/mol. The summed E-state index contributed by atoms with van der Waals surface area (Å²) in [5, 5.41) is 9.19. The molecule has 0 atom stereocenters. The summed E-state index contributed by atoms with van der Waals surface area (Å²) in [5.41, 5.74) is 3.82. The predicted molar refractivity (Wildman–Crippen MR) is 80.6 cm³/mol. The molecular weight excluding hydrogens is 284 g/mol. The van der Waals surface area contributed by atoms with Crippen LogP contribution in [0.5, 0.6) is 0 Å². The van der Waals surface area contributed by atoms with Gasteiger partial charge in [0.25, 0.3) is 0 Å². The second kappa shape index (κ2) is 6.08. The first-order chi connectivity index (χ1) is 10.4. The van der Waals surface area contributed by atoms with Crippen molar-refractivity contribution in [2.24, 2.45) is 5.41 Å². The lowest BCUT2D eigenvalue weighted by Gasteiger charge is -2.22. The fourth-order valence-corrected chi connectivity index (χ4v) is 3.41. The Morgan fingerprint density at radius 1 is 1.14 bits per heavy atom. The molecule has 0 aliphatic heterocycles. The van der Waals surface area contributed by atoms with Crippen molar-refractivity contribution < 1.29 is 24.2 Å². The van der Waals surface area contributed by atoms with E-state index in [9.17, 15) is 14.7 Å². The summed E-state index contributed by atoms with van der Waals surface area (Å²) >= 11 is 0. The molecule has 0 heterocycles. The van der Waals surface area contributed by atoms with Gasteiger partial charge in [-0.2, -0.15) is 0 Å². The van der Waals surface area contributed by atoms with E-state index >= 15 is 0 Å². The molecule has 1 aliphatic carbocycles. The van der Waals surface area contributed by atoms with Crippen LogP contribution in [-0.4, -0.2) is 37.9 Å². The second-order valence-corrected chi connectivity index (χ2v) is 5.83. The number of esters is 2. The lowest BCUT2D eigenvalue weighted by Crippen LogP contribution is -2.42. The molecule has 0 unspecified atom stereocenters. The molecule has 0 saturated heterocycles. The maximum absolute atomic E-state index is 12.3. The zero-order valence-corrected chi connectivity index (χ0v) is 13.5. The van der Waals surface area contributed by atoms with Gasteiger partial charge in [-0.3, -0.25) is 9.59 Å². The van der Waals surface area contributed by atoms with E-state index in [4.69, 9.17) is 9.47 Å². The molecule has 0 amide bonds. The van der Waals surface area contributed by atoms with E-state index in [-0.39, 0.29) is 13.0 Å². The van der Waals surface area contributed by atoms with Crippen molar-refractivity contribution in [3.8, 4) is 0 Å². The average molecular weight is 306 g/mol. The summed E-state index contributed by atoms with van der Waals surface area (Å²) in [7, 11) is 2.57. The van der Waals surface area contributed by atoms with Crippen LogP contribution in [0, 0.1) is 19.3 Å². The van der Waals surface area contributed by atoms with Gasteiger partial charge in [-0.1, -0.05) is 6.07 Å². The third-order valence-corrected chi connectivity index (χ3v) is 4.66. The fraction of sp³-hybridized carbons (Fsp3) is 0.529. The topological polar surface area (TPSA) is 72.8 Å². The Labute approximate surface area is 130 Å². The first kappa shape index (κ1) is 16.5. The standard InChI is InChI=1S/C17H22O5/c1-10-7-12(5-6-18)11(2)14-9-17(8-13(10)14,15(19)21-3)16(20)22-4/h7,18H,5-6,8-9H2,1-4H3. The normalized spacial score (nSPS) is 15.3. The van der Waals surface area contributed by atoms with Gasteiger partial charge in [-0.15, -0.1) is 0 Å². The van der Waals surface area contributed by atoms with Crippen LogP contribution in [0.3, 0.4) is 0 Å². The van der Waals surface area contributed by atoms with Crippen molar-refractivity contribution in [2.75, 3.05) is 20.8 Å². The van der Waals surface area contributed by atoms with Crippen molar-refractivity contribution in [1.29, 1.82) is 0 Å². The van der Waals surface area contributed by atoms with Crippen LogP contribution in [0.2, 0.25) is 0 Å². The van der Waals surface area contributed by atoms with Gasteiger partial charge >= 0.3 is 11.9 Å². The number of hydrogen-bond donors (Lipinski definition) is 1. The van der Waals surface area contributed by atoms with Gasteiger partial charge in [0.2, 0.25) is 0 Å². The van der Waals surface area contributed by atoms with E-state index in [1.165, 1.54) is 14.2 Å². The highest BCUT2D eigenvalue weighted by Crippen LogP contribution is 2.42. The van der Waals surface area contributed by atoms with Gasteiger partial charge in [0.05, 0.1) is 14.2 Å². The largest absolute Gasteiger partial charge is 0.468 e. The zero-order valence-electron chi connectivity index (χ0n) is 13.5. The summed E-state index contributed by atoms with van der Waals surface area (Å²) in [6.07, 6.45) is 1.14. The summed E-state index contributed by atoms with van der Waals surface area (Å²) in [6.45, 7) is 4.00. The third kappa shape index (κ3) is 2.39. The number of hydrogen-bond acceptors (Lipinski definition) is 5. The molecule has 0 saturated carbocycles. The lowest BCUT2D eigenvalue weighted by molar-refractivity contribution is -0.168. The molecule has 1 N–H and O–H groups in total. The molecule has 5 nitrogen and oxygen atoms in total. The summed E-state index contributed by atoms with van der Waals surface area (Å²) in [6, 6.07) is 2.02. The molecule has 1 aromatic carbocycles. The minimum atomic E-state index is -1.29. The summed E-state index contributed by atoms with van der Waals surface area (Å²) in [5.74, 6) is -1.11.